The number of anilines is 1. The van der Waals surface area contributed by atoms with Crippen molar-refractivity contribution in [1.82, 2.24) is 5.32 Å². The molecule has 1 saturated heterocycles. The maximum absolute atomic E-state index is 12.6. The lowest BCUT2D eigenvalue weighted by molar-refractivity contribution is -0.118. The molecule has 3 rings (SSSR count). The second-order valence-electron chi connectivity index (χ2n) is 6.57. The summed E-state index contributed by atoms with van der Waals surface area (Å²) in [4.78, 5) is 23.7. The lowest BCUT2D eigenvalue weighted by Gasteiger charge is -2.25. The SMILES string of the molecule is O=C(C[C@@H]1CNCCO[C@H]1c1ccc(Cl)c(Cl)c1)Nc1cccc(C(=O)O)c1. The molecule has 0 aliphatic carbocycles. The molecule has 6 nitrogen and oxygen atoms in total. The minimum absolute atomic E-state index is 0.117. The number of hydrogen-bond donors (Lipinski definition) is 3. The molecule has 0 saturated carbocycles. The fraction of sp³-hybridized carbons (Fsp3) is 0.300. The van der Waals surface area contributed by atoms with Crippen LogP contribution in [0.15, 0.2) is 42.5 Å². The molecular weight excluding hydrogens is 403 g/mol. The number of carboxylic acid groups (broad SMARTS) is 1. The van der Waals surface area contributed by atoms with E-state index in [1.807, 2.05) is 6.07 Å². The van der Waals surface area contributed by atoms with Crippen LogP contribution in [0.5, 0.6) is 0 Å². The van der Waals surface area contributed by atoms with Crippen LogP contribution in [0.1, 0.15) is 28.4 Å². The van der Waals surface area contributed by atoms with Gasteiger partial charge in [0.25, 0.3) is 0 Å². The van der Waals surface area contributed by atoms with Gasteiger partial charge in [0.1, 0.15) is 0 Å². The van der Waals surface area contributed by atoms with Crippen LogP contribution in [0.25, 0.3) is 0 Å². The van der Waals surface area contributed by atoms with Gasteiger partial charge in [0.15, 0.2) is 0 Å². The summed E-state index contributed by atoms with van der Waals surface area (Å²) < 4.78 is 5.98. The Balaban J connectivity index is 1.73. The number of hydrogen-bond acceptors (Lipinski definition) is 4. The van der Waals surface area contributed by atoms with Crippen molar-refractivity contribution in [3.8, 4) is 0 Å². The molecule has 1 heterocycles. The highest BCUT2D eigenvalue weighted by molar-refractivity contribution is 6.42. The van der Waals surface area contributed by atoms with Crippen LogP contribution in [0.3, 0.4) is 0 Å². The van der Waals surface area contributed by atoms with E-state index in [0.717, 1.165) is 5.56 Å². The van der Waals surface area contributed by atoms with Gasteiger partial charge in [-0.2, -0.15) is 0 Å². The van der Waals surface area contributed by atoms with Crippen molar-refractivity contribution in [2.45, 2.75) is 12.5 Å². The number of carboxylic acids is 1. The monoisotopic (exact) mass is 422 g/mol. The van der Waals surface area contributed by atoms with Crippen molar-refractivity contribution in [1.29, 1.82) is 0 Å². The number of carbonyl (C=O) groups excluding carboxylic acids is 1. The van der Waals surface area contributed by atoms with E-state index in [2.05, 4.69) is 10.6 Å². The molecule has 2 aromatic rings. The highest BCUT2D eigenvalue weighted by atomic mass is 35.5. The summed E-state index contributed by atoms with van der Waals surface area (Å²) in [5, 5.41) is 16.0. The summed E-state index contributed by atoms with van der Waals surface area (Å²) in [5.74, 6) is -1.38. The fourth-order valence-electron chi connectivity index (χ4n) is 3.21. The number of aromatic carboxylic acids is 1. The maximum atomic E-state index is 12.6. The lowest BCUT2D eigenvalue weighted by Crippen LogP contribution is -2.28. The molecule has 1 aliphatic heterocycles. The smallest absolute Gasteiger partial charge is 0.335 e. The number of nitrogens with one attached hydrogen (secondary N) is 2. The highest BCUT2D eigenvalue weighted by Crippen LogP contribution is 2.33. The normalized spacial score (nSPS) is 19.6. The molecular formula is C20H20Cl2N2O4. The number of amides is 1. The molecule has 28 heavy (non-hydrogen) atoms. The summed E-state index contributed by atoms with van der Waals surface area (Å²) in [6.45, 7) is 1.81. The van der Waals surface area contributed by atoms with Crippen LogP contribution in [-0.4, -0.2) is 36.7 Å². The molecule has 1 aliphatic rings. The first-order valence-electron chi connectivity index (χ1n) is 8.84. The zero-order valence-corrected chi connectivity index (χ0v) is 16.5. The predicted molar refractivity (Wildman–Crippen MR) is 108 cm³/mol. The molecule has 0 unspecified atom stereocenters. The van der Waals surface area contributed by atoms with Crippen molar-refractivity contribution in [3.63, 3.8) is 0 Å². The summed E-state index contributed by atoms with van der Waals surface area (Å²) in [5.41, 5.74) is 1.42. The first-order chi connectivity index (χ1) is 13.4. The van der Waals surface area contributed by atoms with Crippen LogP contribution in [0, 0.1) is 5.92 Å². The van der Waals surface area contributed by atoms with Crippen molar-refractivity contribution >= 4 is 40.8 Å². The van der Waals surface area contributed by atoms with Gasteiger partial charge in [-0.05, 0) is 35.9 Å². The van der Waals surface area contributed by atoms with Gasteiger partial charge in [-0.15, -0.1) is 0 Å². The number of benzene rings is 2. The summed E-state index contributed by atoms with van der Waals surface area (Å²) in [6.07, 6.45) is -0.101. The molecule has 2 aromatic carbocycles. The van der Waals surface area contributed by atoms with Crippen molar-refractivity contribution in [2.24, 2.45) is 5.92 Å². The Morgan fingerprint density at radius 2 is 2.00 bits per heavy atom. The Labute approximate surface area is 172 Å². The molecule has 148 valence electrons. The summed E-state index contributed by atoms with van der Waals surface area (Å²) in [6, 6.07) is 11.5. The van der Waals surface area contributed by atoms with Gasteiger partial charge in [0, 0.05) is 31.1 Å². The van der Waals surface area contributed by atoms with E-state index in [0.29, 0.717) is 35.4 Å². The van der Waals surface area contributed by atoms with Crippen molar-refractivity contribution in [3.05, 3.63) is 63.6 Å². The molecule has 8 heteroatoms. The first kappa shape index (κ1) is 20.6. The van der Waals surface area contributed by atoms with Gasteiger partial charge in [-0.3, -0.25) is 4.79 Å². The van der Waals surface area contributed by atoms with Crippen molar-refractivity contribution in [2.75, 3.05) is 25.0 Å². The van der Waals surface area contributed by atoms with E-state index < -0.39 is 5.97 Å². The van der Waals surface area contributed by atoms with Crippen molar-refractivity contribution < 1.29 is 19.4 Å². The van der Waals surface area contributed by atoms with E-state index in [9.17, 15) is 9.59 Å². The van der Waals surface area contributed by atoms with Crippen LogP contribution in [-0.2, 0) is 9.53 Å². The second kappa shape index (κ2) is 9.39. The van der Waals surface area contributed by atoms with Crippen LogP contribution >= 0.6 is 23.2 Å². The lowest BCUT2D eigenvalue weighted by atomic mass is 9.92. The van der Waals surface area contributed by atoms with Gasteiger partial charge < -0.3 is 20.5 Å². The molecule has 0 radical (unpaired) electrons. The summed E-state index contributed by atoms with van der Waals surface area (Å²) >= 11 is 12.2. The van der Waals surface area contributed by atoms with E-state index in [4.69, 9.17) is 33.0 Å². The molecule has 1 amide bonds. The zero-order chi connectivity index (χ0) is 20.1. The topological polar surface area (TPSA) is 87.7 Å². The third kappa shape index (κ3) is 5.23. The summed E-state index contributed by atoms with van der Waals surface area (Å²) in [7, 11) is 0. The van der Waals surface area contributed by atoms with Gasteiger partial charge >= 0.3 is 5.97 Å². The maximum Gasteiger partial charge on any atom is 0.335 e. The Morgan fingerprint density at radius 3 is 2.75 bits per heavy atom. The standard InChI is InChI=1S/C20H20Cl2N2O4/c21-16-5-4-12(9-17(16)22)19-14(11-23-6-7-28-19)10-18(25)24-15-3-1-2-13(8-15)20(26)27/h1-5,8-9,14,19,23H,6-7,10-11H2,(H,24,25)(H,26,27)/t14-,19+/m1/s1. The Kier molecular flexibility index (Phi) is 6.91. The Hall–Kier alpha value is -2.12. The van der Waals surface area contributed by atoms with Crippen LogP contribution < -0.4 is 10.6 Å². The Morgan fingerprint density at radius 1 is 1.18 bits per heavy atom. The number of halogens is 2. The fourth-order valence-corrected chi connectivity index (χ4v) is 3.51. The molecule has 0 aromatic heterocycles. The third-order valence-corrected chi connectivity index (χ3v) is 5.26. The largest absolute Gasteiger partial charge is 0.478 e. The van der Waals surface area contributed by atoms with Crippen LogP contribution in [0.4, 0.5) is 5.69 Å². The molecule has 1 fully saturated rings. The third-order valence-electron chi connectivity index (χ3n) is 4.52. The van der Waals surface area contributed by atoms with E-state index in [1.165, 1.54) is 12.1 Å². The minimum Gasteiger partial charge on any atom is -0.478 e. The predicted octanol–water partition coefficient (Wildman–Crippen LogP) is 4.00. The van der Waals surface area contributed by atoms with Gasteiger partial charge in [0.2, 0.25) is 5.91 Å². The molecule has 2 atom stereocenters. The van der Waals surface area contributed by atoms with Gasteiger partial charge in [-0.25, -0.2) is 4.79 Å². The first-order valence-corrected chi connectivity index (χ1v) is 9.60. The average molecular weight is 423 g/mol. The van der Waals surface area contributed by atoms with E-state index in [1.54, 1.807) is 24.3 Å². The quantitative estimate of drug-likeness (QED) is 0.677. The van der Waals surface area contributed by atoms with E-state index in [-0.39, 0.29) is 29.9 Å². The number of rotatable bonds is 5. The molecule has 0 spiro atoms. The Bertz CT molecular complexity index is 875. The number of ether oxygens (including phenoxy) is 1. The van der Waals surface area contributed by atoms with Crippen LogP contribution in [0.2, 0.25) is 10.0 Å². The second-order valence-corrected chi connectivity index (χ2v) is 7.38. The average Bonchev–Trinajstić information content (AvgIpc) is 2.89. The highest BCUT2D eigenvalue weighted by Gasteiger charge is 2.28. The van der Waals surface area contributed by atoms with E-state index >= 15 is 0 Å². The molecule has 0 bridgehead atoms. The minimum atomic E-state index is -1.04. The molecule has 3 N–H and O–H groups in total. The number of carbonyl (C=O) groups is 2. The van der Waals surface area contributed by atoms with Gasteiger partial charge in [0.05, 0.1) is 28.3 Å². The van der Waals surface area contributed by atoms with Gasteiger partial charge in [-0.1, -0.05) is 35.3 Å². The zero-order valence-electron chi connectivity index (χ0n) is 15.0.